The predicted molar refractivity (Wildman–Crippen MR) is 65.6 cm³/mol. The molecule has 0 aliphatic rings. The number of hydrogen-bond donors (Lipinski definition) is 0. The van der Waals surface area contributed by atoms with Crippen molar-refractivity contribution in [3.8, 4) is 6.07 Å². The summed E-state index contributed by atoms with van der Waals surface area (Å²) in [5, 5.41) is 14.4. The van der Waals surface area contributed by atoms with Gasteiger partial charge in [-0.25, -0.2) is 0 Å². The van der Waals surface area contributed by atoms with Crippen LogP contribution in [0, 0.1) is 11.3 Å². The minimum absolute atomic E-state index is 0.0926. The molecule has 2 heterocycles. The minimum Gasteiger partial charge on any atom is -0.289 e. The standard InChI is InChI=1S/C12H9N3OS/c1-15-7-10(6-14-15)12(16)3-2-11-4-9(5-13)8-17-11/h2-4,6-8H,1H3. The van der Waals surface area contributed by atoms with E-state index >= 15 is 0 Å². The first kappa shape index (κ1) is 11.3. The molecule has 5 heteroatoms. The largest absolute Gasteiger partial charge is 0.289 e. The molecular formula is C12H9N3OS. The Morgan fingerprint density at radius 3 is 3.06 bits per heavy atom. The van der Waals surface area contributed by atoms with E-state index in [2.05, 4.69) is 5.10 Å². The van der Waals surface area contributed by atoms with Crippen LogP contribution in [-0.2, 0) is 7.05 Å². The van der Waals surface area contributed by atoms with Gasteiger partial charge in [-0.1, -0.05) is 0 Å². The van der Waals surface area contributed by atoms with E-state index < -0.39 is 0 Å². The van der Waals surface area contributed by atoms with E-state index in [0.29, 0.717) is 11.1 Å². The summed E-state index contributed by atoms with van der Waals surface area (Å²) in [7, 11) is 1.76. The van der Waals surface area contributed by atoms with Crippen LogP contribution < -0.4 is 0 Å². The quantitative estimate of drug-likeness (QED) is 0.613. The van der Waals surface area contributed by atoms with E-state index in [1.165, 1.54) is 23.6 Å². The van der Waals surface area contributed by atoms with Gasteiger partial charge in [-0.15, -0.1) is 11.3 Å². The van der Waals surface area contributed by atoms with Gasteiger partial charge in [0.15, 0.2) is 5.78 Å². The van der Waals surface area contributed by atoms with E-state index in [1.54, 1.807) is 35.4 Å². The molecule has 0 saturated heterocycles. The molecule has 0 bridgehead atoms. The number of hydrogen-bond acceptors (Lipinski definition) is 4. The van der Waals surface area contributed by atoms with Gasteiger partial charge in [0.25, 0.3) is 0 Å². The van der Waals surface area contributed by atoms with Crippen LogP contribution in [0.4, 0.5) is 0 Å². The fraction of sp³-hybridized carbons (Fsp3) is 0.0833. The summed E-state index contributed by atoms with van der Waals surface area (Å²) in [5.74, 6) is -0.0926. The number of carbonyl (C=O) groups is 1. The molecule has 0 N–H and O–H groups in total. The Kier molecular flexibility index (Phi) is 3.17. The van der Waals surface area contributed by atoms with Crippen LogP contribution in [0.1, 0.15) is 20.8 Å². The third kappa shape index (κ3) is 2.68. The highest BCUT2D eigenvalue weighted by atomic mass is 32.1. The fourth-order valence-corrected chi connectivity index (χ4v) is 2.03. The second kappa shape index (κ2) is 4.76. The van der Waals surface area contributed by atoms with Crippen LogP contribution in [0.5, 0.6) is 0 Å². The van der Waals surface area contributed by atoms with Gasteiger partial charge in [-0.2, -0.15) is 10.4 Å². The Balaban J connectivity index is 2.11. The van der Waals surface area contributed by atoms with Crippen LogP contribution in [0.2, 0.25) is 0 Å². The first-order valence-electron chi connectivity index (χ1n) is 4.89. The summed E-state index contributed by atoms with van der Waals surface area (Å²) in [5.41, 5.74) is 1.17. The lowest BCUT2D eigenvalue weighted by Crippen LogP contribution is -1.91. The number of nitrogens with zero attached hydrogens (tertiary/aromatic N) is 3. The lowest BCUT2D eigenvalue weighted by Gasteiger charge is -1.87. The first-order valence-corrected chi connectivity index (χ1v) is 5.76. The predicted octanol–water partition coefficient (Wildman–Crippen LogP) is 2.25. The molecule has 0 radical (unpaired) electrons. The number of ketones is 1. The molecule has 0 aliphatic carbocycles. The highest BCUT2D eigenvalue weighted by molar-refractivity contribution is 7.11. The lowest BCUT2D eigenvalue weighted by molar-refractivity contribution is 0.104. The van der Waals surface area contributed by atoms with Gasteiger partial charge in [0.1, 0.15) is 6.07 Å². The zero-order valence-electron chi connectivity index (χ0n) is 9.12. The molecule has 0 amide bonds. The van der Waals surface area contributed by atoms with Gasteiger partial charge < -0.3 is 0 Å². The Labute approximate surface area is 102 Å². The summed E-state index contributed by atoms with van der Waals surface area (Å²) in [4.78, 5) is 12.6. The Morgan fingerprint density at radius 1 is 1.65 bits per heavy atom. The van der Waals surface area contributed by atoms with Crippen molar-refractivity contribution in [3.05, 3.63) is 45.9 Å². The normalized spacial score (nSPS) is 10.6. The number of aromatic nitrogens is 2. The highest BCUT2D eigenvalue weighted by Gasteiger charge is 2.04. The average Bonchev–Trinajstić information content (AvgIpc) is 2.94. The Hall–Kier alpha value is -2.19. The third-order valence-corrected chi connectivity index (χ3v) is 3.04. The van der Waals surface area contributed by atoms with Crippen molar-refractivity contribution in [1.82, 2.24) is 9.78 Å². The van der Waals surface area contributed by atoms with E-state index in [0.717, 1.165) is 4.88 Å². The van der Waals surface area contributed by atoms with Crippen LogP contribution in [0.3, 0.4) is 0 Å². The van der Waals surface area contributed by atoms with E-state index in [9.17, 15) is 4.79 Å². The van der Waals surface area contributed by atoms with Gasteiger partial charge in [0, 0.05) is 23.5 Å². The SMILES string of the molecule is Cn1cc(C(=O)C=Cc2cc(C#N)cs2)cn1. The smallest absolute Gasteiger partial charge is 0.189 e. The Bertz CT molecular complexity index is 616. The van der Waals surface area contributed by atoms with Gasteiger partial charge in [-0.3, -0.25) is 9.48 Å². The second-order valence-corrected chi connectivity index (χ2v) is 4.39. The van der Waals surface area contributed by atoms with Crippen molar-refractivity contribution in [2.45, 2.75) is 0 Å². The van der Waals surface area contributed by atoms with Crippen molar-refractivity contribution in [3.63, 3.8) is 0 Å². The van der Waals surface area contributed by atoms with Crippen molar-refractivity contribution >= 4 is 23.2 Å². The van der Waals surface area contributed by atoms with Crippen LogP contribution >= 0.6 is 11.3 Å². The zero-order chi connectivity index (χ0) is 12.3. The molecule has 2 aromatic heterocycles. The lowest BCUT2D eigenvalue weighted by atomic mass is 10.2. The number of thiophene rings is 1. The van der Waals surface area contributed by atoms with Crippen LogP contribution in [0.15, 0.2) is 29.9 Å². The average molecular weight is 243 g/mol. The van der Waals surface area contributed by atoms with Gasteiger partial charge in [-0.05, 0) is 18.2 Å². The molecular weight excluding hydrogens is 234 g/mol. The van der Waals surface area contributed by atoms with E-state index in [1.807, 2.05) is 6.07 Å². The third-order valence-electron chi connectivity index (χ3n) is 2.14. The van der Waals surface area contributed by atoms with Gasteiger partial charge >= 0.3 is 0 Å². The minimum atomic E-state index is -0.0926. The van der Waals surface area contributed by atoms with Gasteiger partial charge in [0.2, 0.25) is 0 Å². The van der Waals surface area contributed by atoms with Crippen molar-refractivity contribution in [2.75, 3.05) is 0 Å². The van der Waals surface area contributed by atoms with Crippen LogP contribution in [0.25, 0.3) is 6.08 Å². The maximum absolute atomic E-state index is 11.7. The topological polar surface area (TPSA) is 58.7 Å². The summed E-state index contributed by atoms with van der Waals surface area (Å²) in [6.07, 6.45) is 6.40. The van der Waals surface area contributed by atoms with Crippen molar-refractivity contribution in [2.24, 2.45) is 7.05 Å². The molecule has 4 nitrogen and oxygen atoms in total. The number of carbonyl (C=O) groups excluding carboxylic acids is 1. The first-order chi connectivity index (χ1) is 8.19. The molecule has 84 valence electrons. The van der Waals surface area contributed by atoms with E-state index in [4.69, 9.17) is 5.26 Å². The zero-order valence-corrected chi connectivity index (χ0v) is 9.94. The molecule has 17 heavy (non-hydrogen) atoms. The van der Waals surface area contributed by atoms with E-state index in [-0.39, 0.29) is 5.78 Å². The molecule has 0 fully saturated rings. The molecule has 0 atom stereocenters. The molecule has 0 saturated carbocycles. The van der Waals surface area contributed by atoms with Crippen molar-refractivity contribution < 1.29 is 4.79 Å². The molecule has 2 rings (SSSR count). The fourth-order valence-electron chi connectivity index (χ4n) is 1.30. The summed E-state index contributed by atoms with van der Waals surface area (Å²) in [6.45, 7) is 0. The summed E-state index contributed by atoms with van der Waals surface area (Å²) in [6, 6.07) is 3.80. The Morgan fingerprint density at radius 2 is 2.47 bits per heavy atom. The maximum Gasteiger partial charge on any atom is 0.189 e. The maximum atomic E-state index is 11.7. The highest BCUT2D eigenvalue weighted by Crippen LogP contribution is 2.15. The molecule has 0 spiro atoms. The monoisotopic (exact) mass is 243 g/mol. The summed E-state index contributed by atoms with van der Waals surface area (Å²) >= 11 is 1.43. The molecule has 0 unspecified atom stereocenters. The number of allylic oxidation sites excluding steroid dienone is 1. The molecule has 0 aliphatic heterocycles. The van der Waals surface area contributed by atoms with Crippen molar-refractivity contribution in [1.29, 1.82) is 5.26 Å². The molecule has 2 aromatic rings. The number of aryl methyl sites for hydroxylation is 1. The number of nitriles is 1. The summed E-state index contributed by atoms with van der Waals surface area (Å²) < 4.78 is 1.58. The molecule has 0 aromatic carbocycles. The van der Waals surface area contributed by atoms with Crippen LogP contribution in [-0.4, -0.2) is 15.6 Å². The second-order valence-electron chi connectivity index (χ2n) is 3.45. The van der Waals surface area contributed by atoms with Gasteiger partial charge in [0.05, 0.1) is 17.3 Å². The number of rotatable bonds is 3.